The van der Waals surface area contributed by atoms with E-state index in [0.717, 1.165) is 16.4 Å². The number of carbonyl (C=O) groups is 1. The lowest BCUT2D eigenvalue weighted by Gasteiger charge is -2.55. The van der Waals surface area contributed by atoms with Crippen molar-refractivity contribution in [2.75, 3.05) is 19.6 Å². The standard InChI is InChI=1S/C15H20N2OS/c1-9-2-3-19-14(9)15(18)16-13-11-4-10-5-12(13)8-17(6-10)7-11/h2-3,10-13H,4-8H2,1H3,(H,16,18)/t10?,11-,12-,13?/m0/s1. The Morgan fingerprint density at radius 3 is 2.63 bits per heavy atom. The Labute approximate surface area is 118 Å². The molecule has 1 aromatic heterocycles. The minimum absolute atomic E-state index is 0.153. The fraction of sp³-hybridized carbons (Fsp3) is 0.667. The van der Waals surface area contributed by atoms with Gasteiger partial charge in [0.05, 0.1) is 4.88 Å². The highest BCUT2D eigenvalue weighted by atomic mass is 32.1. The summed E-state index contributed by atoms with van der Waals surface area (Å²) in [6, 6.07) is 2.45. The van der Waals surface area contributed by atoms with Crippen LogP contribution in [0.5, 0.6) is 0 Å². The van der Waals surface area contributed by atoms with Gasteiger partial charge in [-0.15, -0.1) is 11.3 Å². The summed E-state index contributed by atoms with van der Waals surface area (Å²) in [6.07, 6.45) is 2.64. The van der Waals surface area contributed by atoms with Crippen molar-refractivity contribution < 1.29 is 4.79 Å². The van der Waals surface area contributed by atoms with Gasteiger partial charge in [0.25, 0.3) is 5.91 Å². The van der Waals surface area contributed by atoms with Crippen molar-refractivity contribution in [3.8, 4) is 0 Å². The average molecular weight is 276 g/mol. The van der Waals surface area contributed by atoms with E-state index in [9.17, 15) is 4.79 Å². The topological polar surface area (TPSA) is 32.3 Å². The van der Waals surface area contributed by atoms with Gasteiger partial charge >= 0.3 is 0 Å². The monoisotopic (exact) mass is 276 g/mol. The third-order valence-corrected chi connectivity index (χ3v) is 6.17. The molecule has 0 unspecified atom stereocenters. The van der Waals surface area contributed by atoms with Crippen LogP contribution in [0.3, 0.4) is 0 Å². The molecule has 1 aromatic rings. The molecule has 4 fully saturated rings. The molecule has 19 heavy (non-hydrogen) atoms. The highest BCUT2D eigenvalue weighted by Crippen LogP contribution is 2.43. The normalized spacial score (nSPS) is 39.5. The molecule has 2 atom stereocenters. The van der Waals surface area contributed by atoms with Crippen molar-refractivity contribution in [2.24, 2.45) is 17.8 Å². The molecular weight excluding hydrogens is 256 g/mol. The maximum atomic E-state index is 12.4. The molecule has 1 N–H and O–H groups in total. The van der Waals surface area contributed by atoms with Crippen molar-refractivity contribution in [1.29, 1.82) is 0 Å². The Hall–Kier alpha value is -0.870. The smallest absolute Gasteiger partial charge is 0.261 e. The Kier molecular flexibility index (Phi) is 2.71. The first kappa shape index (κ1) is 11.9. The largest absolute Gasteiger partial charge is 0.348 e. The predicted octanol–water partition coefficient (Wildman–Crippen LogP) is 2.13. The fourth-order valence-electron chi connectivity index (χ4n) is 4.47. The molecule has 4 heterocycles. The van der Waals surface area contributed by atoms with E-state index in [-0.39, 0.29) is 5.91 Å². The van der Waals surface area contributed by atoms with Crippen LogP contribution in [0.15, 0.2) is 11.4 Å². The van der Waals surface area contributed by atoms with Crippen LogP contribution in [0.4, 0.5) is 0 Å². The zero-order valence-corrected chi connectivity index (χ0v) is 12.1. The molecule has 3 nitrogen and oxygen atoms in total. The van der Waals surface area contributed by atoms with E-state index in [2.05, 4.69) is 10.2 Å². The summed E-state index contributed by atoms with van der Waals surface area (Å²) in [6.45, 7) is 5.72. The van der Waals surface area contributed by atoms with Gasteiger partial charge in [-0.05, 0) is 54.5 Å². The van der Waals surface area contributed by atoms with Gasteiger partial charge in [-0.2, -0.15) is 0 Å². The molecule has 3 aliphatic heterocycles. The van der Waals surface area contributed by atoms with Crippen LogP contribution in [-0.2, 0) is 0 Å². The zero-order chi connectivity index (χ0) is 13.0. The second kappa shape index (κ2) is 4.32. The first-order valence-electron chi connectivity index (χ1n) is 7.28. The van der Waals surface area contributed by atoms with Gasteiger partial charge in [-0.1, -0.05) is 0 Å². The maximum Gasteiger partial charge on any atom is 0.261 e. The first-order valence-corrected chi connectivity index (χ1v) is 8.16. The first-order chi connectivity index (χ1) is 9.20. The number of carbonyl (C=O) groups excluding carboxylic acids is 1. The Morgan fingerprint density at radius 2 is 2.05 bits per heavy atom. The van der Waals surface area contributed by atoms with Crippen LogP contribution >= 0.6 is 11.3 Å². The van der Waals surface area contributed by atoms with Gasteiger partial charge in [-0.25, -0.2) is 0 Å². The van der Waals surface area contributed by atoms with Gasteiger partial charge in [0.2, 0.25) is 0 Å². The number of thiophene rings is 1. The van der Waals surface area contributed by atoms with Crippen LogP contribution in [0.2, 0.25) is 0 Å². The summed E-state index contributed by atoms with van der Waals surface area (Å²) in [7, 11) is 0. The minimum atomic E-state index is 0.153. The highest BCUT2D eigenvalue weighted by Gasteiger charge is 2.47. The van der Waals surface area contributed by atoms with E-state index in [1.54, 1.807) is 11.3 Å². The number of amides is 1. The lowest BCUT2D eigenvalue weighted by atomic mass is 9.65. The van der Waals surface area contributed by atoms with Gasteiger partial charge in [0, 0.05) is 25.7 Å². The quantitative estimate of drug-likeness (QED) is 0.897. The lowest BCUT2D eigenvalue weighted by molar-refractivity contribution is -0.0418. The summed E-state index contributed by atoms with van der Waals surface area (Å²) in [5.74, 6) is 2.43. The van der Waals surface area contributed by atoms with E-state index in [1.165, 1.54) is 32.5 Å². The number of rotatable bonds is 2. The van der Waals surface area contributed by atoms with Crippen LogP contribution in [0, 0.1) is 24.7 Å². The molecule has 4 bridgehead atoms. The molecule has 3 saturated heterocycles. The lowest BCUT2D eigenvalue weighted by Crippen LogP contribution is -2.64. The Bertz CT molecular complexity index is 482. The Balaban J connectivity index is 1.51. The summed E-state index contributed by atoms with van der Waals surface area (Å²) in [4.78, 5) is 15.9. The molecule has 0 spiro atoms. The average Bonchev–Trinajstić information content (AvgIpc) is 2.79. The van der Waals surface area contributed by atoms with E-state index in [4.69, 9.17) is 0 Å². The summed E-state index contributed by atoms with van der Waals surface area (Å²) < 4.78 is 0. The van der Waals surface area contributed by atoms with Gasteiger partial charge in [-0.3, -0.25) is 4.79 Å². The molecule has 4 heteroatoms. The SMILES string of the molecule is Cc1ccsc1C(=O)NC1[C@H]2CC3C[C@H]1CN(C3)C2. The van der Waals surface area contributed by atoms with Crippen molar-refractivity contribution in [1.82, 2.24) is 10.2 Å². The van der Waals surface area contributed by atoms with Crippen LogP contribution < -0.4 is 5.32 Å². The van der Waals surface area contributed by atoms with E-state index in [1.807, 2.05) is 18.4 Å². The number of piperidine rings is 3. The van der Waals surface area contributed by atoms with Crippen LogP contribution in [0.1, 0.15) is 28.1 Å². The molecular formula is C15H20N2OS. The molecule has 1 aliphatic carbocycles. The third kappa shape index (κ3) is 1.93. The molecule has 4 aliphatic rings. The minimum Gasteiger partial charge on any atom is -0.348 e. The van der Waals surface area contributed by atoms with Crippen LogP contribution in [-0.4, -0.2) is 36.5 Å². The van der Waals surface area contributed by atoms with Crippen molar-refractivity contribution >= 4 is 17.2 Å². The fourth-order valence-corrected chi connectivity index (χ4v) is 5.29. The summed E-state index contributed by atoms with van der Waals surface area (Å²) in [5.41, 5.74) is 1.11. The van der Waals surface area contributed by atoms with Crippen molar-refractivity contribution in [2.45, 2.75) is 25.8 Å². The van der Waals surface area contributed by atoms with Gasteiger partial charge in [0.1, 0.15) is 0 Å². The number of aryl methyl sites for hydroxylation is 1. The Morgan fingerprint density at radius 1 is 1.32 bits per heavy atom. The molecule has 102 valence electrons. The van der Waals surface area contributed by atoms with E-state index < -0.39 is 0 Å². The molecule has 1 saturated carbocycles. The van der Waals surface area contributed by atoms with Crippen molar-refractivity contribution in [3.05, 3.63) is 21.9 Å². The van der Waals surface area contributed by atoms with Gasteiger partial charge in [0.15, 0.2) is 0 Å². The maximum absolute atomic E-state index is 12.4. The number of nitrogens with zero attached hydrogens (tertiary/aromatic N) is 1. The molecule has 1 amide bonds. The van der Waals surface area contributed by atoms with Crippen LogP contribution in [0.25, 0.3) is 0 Å². The molecule has 5 rings (SSSR count). The second-order valence-corrected chi connectivity index (χ2v) is 7.42. The van der Waals surface area contributed by atoms with Gasteiger partial charge < -0.3 is 10.2 Å². The molecule has 0 aromatic carbocycles. The second-order valence-electron chi connectivity index (χ2n) is 6.51. The predicted molar refractivity (Wildman–Crippen MR) is 76.5 cm³/mol. The summed E-state index contributed by atoms with van der Waals surface area (Å²) in [5, 5.41) is 5.36. The van der Waals surface area contributed by atoms with Crippen molar-refractivity contribution in [3.63, 3.8) is 0 Å². The zero-order valence-electron chi connectivity index (χ0n) is 11.3. The highest BCUT2D eigenvalue weighted by molar-refractivity contribution is 7.12. The summed E-state index contributed by atoms with van der Waals surface area (Å²) >= 11 is 1.56. The van der Waals surface area contributed by atoms with E-state index in [0.29, 0.717) is 17.9 Å². The molecule has 0 radical (unpaired) electrons. The third-order valence-electron chi connectivity index (χ3n) is 5.16. The number of nitrogens with one attached hydrogen (secondary N) is 1. The van der Waals surface area contributed by atoms with E-state index >= 15 is 0 Å². The number of hydrogen-bond acceptors (Lipinski definition) is 3. The number of hydrogen-bond donors (Lipinski definition) is 1.